The zero-order valence-corrected chi connectivity index (χ0v) is 15.3. The Balaban J connectivity index is 1.54. The van der Waals surface area contributed by atoms with Gasteiger partial charge in [-0.05, 0) is 17.7 Å². The molecule has 1 fully saturated rings. The van der Waals surface area contributed by atoms with Gasteiger partial charge in [-0.3, -0.25) is 0 Å². The molecule has 7 heteroatoms. The highest BCUT2D eigenvalue weighted by Gasteiger charge is 2.15. The van der Waals surface area contributed by atoms with E-state index in [9.17, 15) is 4.79 Å². The summed E-state index contributed by atoms with van der Waals surface area (Å²) in [5.74, 6) is 0.330. The van der Waals surface area contributed by atoms with Crippen LogP contribution in [0.15, 0.2) is 35.8 Å². The lowest BCUT2D eigenvalue weighted by atomic mass is 10.1. The Hall–Kier alpha value is -2.51. The van der Waals surface area contributed by atoms with Crippen LogP contribution in [0.5, 0.6) is 0 Å². The number of morpholine rings is 1. The number of carbonyl (C=O) groups excluding carboxylic acids is 1. The second-order valence-corrected chi connectivity index (χ2v) is 6.99. The van der Waals surface area contributed by atoms with Crippen LogP contribution in [0, 0.1) is 0 Å². The molecule has 0 saturated carbocycles. The minimum absolute atomic E-state index is 0.365. The molecule has 0 bridgehead atoms. The van der Waals surface area contributed by atoms with Gasteiger partial charge in [0, 0.05) is 36.8 Å². The highest BCUT2D eigenvalue weighted by Crippen LogP contribution is 2.25. The van der Waals surface area contributed by atoms with Crippen molar-refractivity contribution in [3.05, 3.63) is 52.8 Å². The van der Waals surface area contributed by atoms with Gasteiger partial charge in [0.15, 0.2) is 0 Å². The van der Waals surface area contributed by atoms with Gasteiger partial charge in [0.05, 0.1) is 36.1 Å². The normalized spacial score (nSPS) is 14.6. The summed E-state index contributed by atoms with van der Waals surface area (Å²) in [4.78, 5) is 23.2. The summed E-state index contributed by atoms with van der Waals surface area (Å²) in [6.07, 6.45) is 2.40. The Bertz CT molecular complexity index is 917. The SMILES string of the molecule is COC(=O)c1csc2cnc(Cc3ccc(N4CCOCC4)cc3)nc12. The van der Waals surface area contributed by atoms with Crippen LogP contribution in [0.3, 0.4) is 0 Å². The van der Waals surface area contributed by atoms with Crippen LogP contribution >= 0.6 is 11.3 Å². The lowest BCUT2D eigenvalue weighted by Gasteiger charge is -2.28. The van der Waals surface area contributed by atoms with Crippen LogP contribution in [0.4, 0.5) is 5.69 Å². The van der Waals surface area contributed by atoms with Gasteiger partial charge < -0.3 is 14.4 Å². The first-order valence-corrected chi connectivity index (χ1v) is 9.35. The molecule has 4 rings (SSSR count). The van der Waals surface area contributed by atoms with Crippen LogP contribution in [0.2, 0.25) is 0 Å². The molecule has 1 aromatic carbocycles. The first-order valence-electron chi connectivity index (χ1n) is 8.47. The second kappa shape index (κ2) is 7.39. The number of hydrogen-bond donors (Lipinski definition) is 0. The van der Waals surface area contributed by atoms with Gasteiger partial charge in [-0.2, -0.15) is 0 Å². The van der Waals surface area contributed by atoms with Gasteiger partial charge >= 0.3 is 5.97 Å². The number of aromatic nitrogens is 2. The molecule has 26 heavy (non-hydrogen) atoms. The lowest BCUT2D eigenvalue weighted by molar-refractivity contribution is 0.0603. The van der Waals surface area contributed by atoms with Crippen molar-refractivity contribution in [2.24, 2.45) is 0 Å². The topological polar surface area (TPSA) is 64.5 Å². The van der Waals surface area contributed by atoms with Crippen LogP contribution in [0.1, 0.15) is 21.7 Å². The van der Waals surface area contributed by atoms with Crippen molar-refractivity contribution in [3.8, 4) is 0 Å². The number of methoxy groups -OCH3 is 1. The number of nitrogens with zero attached hydrogens (tertiary/aromatic N) is 3. The number of fused-ring (bicyclic) bond motifs is 1. The van der Waals surface area contributed by atoms with E-state index in [1.54, 1.807) is 11.6 Å². The summed E-state index contributed by atoms with van der Waals surface area (Å²) < 4.78 is 11.1. The number of ether oxygens (including phenoxy) is 2. The van der Waals surface area contributed by atoms with E-state index in [-0.39, 0.29) is 5.97 Å². The van der Waals surface area contributed by atoms with Crippen molar-refractivity contribution in [2.75, 3.05) is 38.3 Å². The predicted molar refractivity (Wildman–Crippen MR) is 101 cm³/mol. The zero-order valence-electron chi connectivity index (χ0n) is 14.5. The molecule has 0 spiro atoms. The predicted octanol–water partition coefficient (Wildman–Crippen LogP) is 2.91. The molecule has 1 aliphatic heterocycles. The smallest absolute Gasteiger partial charge is 0.340 e. The number of benzene rings is 1. The highest BCUT2D eigenvalue weighted by atomic mass is 32.1. The van der Waals surface area contributed by atoms with Crippen molar-refractivity contribution in [1.29, 1.82) is 0 Å². The Morgan fingerprint density at radius 2 is 2.04 bits per heavy atom. The average Bonchev–Trinajstić information content (AvgIpc) is 3.12. The van der Waals surface area contributed by atoms with Gasteiger partial charge in [-0.1, -0.05) is 12.1 Å². The molecule has 2 aromatic heterocycles. The Kier molecular flexibility index (Phi) is 4.81. The number of thiophene rings is 1. The van der Waals surface area contributed by atoms with Gasteiger partial charge in [0.25, 0.3) is 0 Å². The van der Waals surface area contributed by atoms with Crippen LogP contribution in [-0.2, 0) is 15.9 Å². The molecular weight excluding hydrogens is 350 g/mol. The second-order valence-electron chi connectivity index (χ2n) is 6.08. The molecule has 3 heterocycles. The molecule has 0 aliphatic carbocycles. The fourth-order valence-electron chi connectivity index (χ4n) is 3.03. The minimum Gasteiger partial charge on any atom is -0.465 e. The third kappa shape index (κ3) is 3.40. The number of anilines is 1. The Morgan fingerprint density at radius 3 is 2.77 bits per heavy atom. The van der Waals surface area contributed by atoms with Crippen LogP contribution in [-0.4, -0.2) is 49.4 Å². The molecular formula is C19H19N3O3S. The molecule has 6 nitrogen and oxygen atoms in total. The van der Waals surface area contributed by atoms with E-state index in [2.05, 4.69) is 39.1 Å². The third-order valence-electron chi connectivity index (χ3n) is 4.44. The van der Waals surface area contributed by atoms with E-state index in [1.807, 2.05) is 0 Å². The van der Waals surface area contributed by atoms with E-state index < -0.39 is 0 Å². The first kappa shape index (κ1) is 16.9. The van der Waals surface area contributed by atoms with Crippen molar-refractivity contribution in [2.45, 2.75) is 6.42 Å². The number of rotatable bonds is 4. The van der Waals surface area contributed by atoms with Gasteiger partial charge in [-0.15, -0.1) is 11.3 Å². The molecule has 0 atom stereocenters. The molecule has 3 aromatic rings. The van der Waals surface area contributed by atoms with Crippen LogP contribution < -0.4 is 4.90 Å². The number of esters is 1. The van der Waals surface area contributed by atoms with E-state index in [4.69, 9.17) is 9.47 Å². The fourth-order valence-corrected chi connectivity index (χ4v) is 3.87. The summed E-state index contributed by atoms with van der Waals surface area (Å²) in [5, 5.41) is 1.77. The Morgan fingerprint density at radius 1 is 1.27 bits per heavy atom. The maximum atomic E-state index is 11.9. The lowest BCUT2D eigenvalue weighted by Crippen LogP contribution is -2.36. The highest BCUT2D eigenvalue weighted by molar-refractivity contribution is 7.17. The average molecular weight is 369 g/mol. The minimum atomic E-state index is -0.365. The Labute approximate surface area is 155 Å². The van der Waals surface area contributed by atoms with Gasteiger partial charge in [0.2, 0.25) is 0 Å². The van der Waals surface area contributed by atoms with Crippen molar-refractivity contribution in [3.63, 3.8) is 0 Å². The quantitative estimate of drug-likeness (QED) is 0.659. The fraction of sp³-hybridized carbons (Fsp3) is 0.316. The monoisotopic (exact) mass is 369 g/mol. The molecule has 0 N–H and O–H groups in total. The molecule has 0 radical (unpaired) electrons. The molecule has 0 amide bonds. The van der Waals surface area contributed by atoms with Crippen molar-refractivity contribution < 1.29 is 14.3 Å². The maximum absolute atomic E-state index is 11.9. The van der Waals surface area contributed by atoms with Gasteiger partial charge in [-0.25, -0.2) is 14.8 Å². The summed E-state index contributed by atoms with van der Waals surface area (Å²) in [5.41, 5.74) is 3.51. The van der Waals surface area contributed by atoms with E-state index in [0.29, 0.717) is 23.3 Å². The van der Waals surface area contributed by atoms with Crippen molar-refractivity contribution >= 4 is 33.2 Å². The molecule has 134 valence electrons. The van der Waals surface area contributed by atoms with E-state index in [1.165, 1.54) is 24.1 Å². The molecule has 1 aliphatic rings. The zero-order chi connectivity index (χ0) is 17.9. The molecule has 0 unspecified atom stereocenters. The third-order valence-corrected chi connectivity index (χ3v) is 5.35. The van der Waals surface area contributed by atoms with Crippen LogP contribution in [0.25, 0.3) is 10.2 Å². The summed E-state index contributed by atoms with van der Waals surface area (Å²) >= 11 is 1.45. The van der Waals surface area contributed by atoms with E-state index >= 15 is 0 Å². The molecule has 1 saturated heterocycles. The maximum Gasteiger partial charge on any atom is 0.340 e. The largest absolute Gasteiger partial charge is 0.465 e. The number of hydrogen-bond acceptors (Lipinski definition) is 7. The summed E-state index contributed by atoms with van der Waals surface area (Å²) in [6, 6.07) is 8.47. The summed E-state index contributed by atoms with van der Waals surface area (Å²) in [7, 11) is 1.38. The van der Waals surface area contributed by atoms with E-state index in [0.717, 1.165) is 36.6 Å². The first-order chi connectivity index (χ1) is 12.7. The summed E-state index contributed by atoms with van der Waals surface area (Å²) in [6.45, 7) is 3.40. The van der Waals surface area contributed by atoms with Crippen molar-refractivity contribution in [1.82, 2.24) is 9.97 Å². The standard InChI is InChI=1S/C19H19N3O3S/c1-24-19(23)15-12-26-16-11-20-17(21-18(15)16)10-13-2-4-14(5-3-13)22-6-8-25-9-7-22/h2-5,11-12H,6-10H2,1H3. The number of carbonyl (C=O) groups is 1. The van der Waals surface area contributed by atoms with Gasteiger partial charge in [0.1, 0.15) is 5.82 Å².